The summed E-state index contributed by atoms with van der Waals surface area (Å²) in [4.78, 5) is 24.2. The van der Waals surface area contributed by atoms with Crippen molar-refractivity contribution in [2.45, 2.75) is 30.1 Å². The largest absolute Gasteiger partial charge is 0.467 e. The Morgan fingerprint density at radius 3 is 2.31 bits per heavy atom. The summed E-state index contributed by atoms with van der Waals surface area (Å²) in [6.07, 6.45) is 0.312. The highest BCUT2D eigenvalue weighted by atomic mass is 32.2. The van der Waals surface area contributed by atoms with Gasteiger partial charge >= 0.3 is 12.0 Å². The lowest BCUT2D eigenvalue weighted by atomic mass is 10.4. The Balaban J connectivity index is 2.37. The van der Waals surface area contributed by atoms with Crippen molar-refractivity contribution in [2.75, 3.05) is 24.8 Å². The highest BCUT2D eigenvalue weighted by Crippen LogP contribution is 2.22. The monoisotopic (exact) mass is 443 g/mol. The predicted octanol–water partition coefficient (Wildman–Crippen LogP) is 0.907. The van der Waals surface area contributed by atoms with Gasteiger partial charge in [0.15, 0.2) is 9.84 Å². The van der Waals surface area contributed by atoms with E-state index < -0.39 is 30.8 Å². The zero-order valence-corrected chi connectivity index (χ0v) is 17.9. The number of rotatable bonds is 7. The first-order valence-corrected chi connectivity index (χ1v) is 11.5. The molecule has 2 aromatic rings. The molecule has 13 heteroatoms. The molecule has 0 aliphatic carbocycles. The highest BCUT2D eigenvalue weighted by Gasteiger charge is 2.29. The molecule has 2 rings (SSSR count). The van der Waals surface area contributed by atoms with Crippen molar-refractivity contribution in [1.29, 1.82) is 0 Å². The first-order chi connectivity index (χ1) is 13.5. The van der Waals surface area contributed by atoms with Gasteiger partial charge in [-0.05, 0) is 25.5 Å². The second-order valence-electron chi connectivity index (χ2n) is 5.90. The average molecular weight is 444 g/mol. The minimum Gasteiger partial charge on any atom is -0.467 e. The first kappa shape index (κ1) is 22.5. The highest BCUT2D eigenvalue weighted by molar-refractivity contribution is 7.94. The quantitative estimate of drug-likeness (QED) is 0.659. The van der Waals surface area contributed by atoms with Crippen LogP contribution in [0.5, 0.6) is 6.01 Å². The van der Waals surface area contributed by atoms with Gasteiger partial charge in [-0.2, -0.15) is 15.0 Å². The molecule has 0 bridgehead atoms. The number of anilines is 1. The SMILES string of the molecule is CCCS(=O)(=O)c1ccccc1S(=O)(=O)NC(=O)N(C)c1nc(C)nc(OC)n1. The van der Waals surface area contributed by atoms with Crippen LogP contribution in [0.2, 0.25) is 0 Å². The van der Waals surface area contributed by atoms with E-state index in [4.69, 9.17) is 4.74 Å². The van der Waals surface area contributed by atoms with Crippen molar-refractivity contribution in [3.8, 4) is 6.01 Å². The van der Waals surface area contributed by atoms with Crippen LogP contribution in [0.1, 0.15) is 19.2 Å². The molecule has 158 valence electrons. The minimum absolute atomic E-state index is 0.0500. The van der Waals surface area contributed by atoms with Gasteiger partial charge in [0.2, 0.25) is 5.95 Å². The van der Waals surface area contributed by atoms with E-state index in [0.29, 0.717) is 6.42 Å². The van der Waals surface area contributed by atoms with Crippen molar-refractivity contribution >= 4 is 31.8 Å². The lowest BCUT2D eigenvalue weighted by Gasteiger charge is -2.17. The summed E-state index contributed by atoms with van der Waals surface area (Å²) in [5.41, 5.74) is 0. The van der Waals surface area contributed by atoms with E-state index in [9.17, 15) is 21.6 Å². The van der Waals surface area contributed by atoms with E-state index in [2.05, 4.69) is 15.0 Å². The number of ether oxygens (including phenoxy) is 1. The van der Waals surface area contributed by atoms with Crippen molar-refractivity contribution in [2.24, 2.45) is 0 Å². The molecule has 1 N–H and O–H groups in total. The lowest BCUT2D eigenvalue weighted by Crippen LogP contribution is -2.42. The number of carbonyl (C=O) groups is 1. The molecular weight excluding hydrogens is 422 g/mol. The smallest absolute Gasteiger partial charge is 0.337 e. The van der Waals surface area contributed by atoms with Gasteiger partial charge in [-0.25, -0.2) is 26.4 Å². The van der Waals surface area contributed by atoms with E-state index in [0.717, 1.165) is 11.0 Å². The van der Waals surface area contributed by atoms with E-state index in [1.54, 1.807) is 13.8 Å². The number of nitrogens with one attached hydrogen (secondary N) is 1. The summed E-state index contributed by atoms with van der Waals surface area (Å²) >= 11 is 0. The van der Waals surface area contributed by atoms with Gasteiger partial charge in [-0.1, -0.05) is 19.1 Å². The fourth-order valence-corrected chi connectivity index (χ4v) is 5.52. The molecule has 29 heavy (non-hydrogen) atoms. The molecule has 0 unspecified atom stereocenters. The summed E-state index contributed by atoms with van der Waals surface area (Å²) in [7, 11) is -5.75. The zero-order chi connectivity index (χ0) is 21.8. The topological polar surface area (TPSA) is 149 Å². The Hall–Kier alpha value is -2.80. The number of nitrogens with zero attached hydrogens (tertiary/aromatic N) is 4. The minimum atomic E-state index is -4.49. The van der Waals surface area contributed by atoms with Crippen LogP contribution in [0.4, 0.5) is 10.7 Å². The molecule has 0 saturated carbocycles. The second kappa shape index (κ2) is 8.69. The molecule has 0 aliphatic heterocycles. The fraction of sp³-hybridized carbons (Fsp3) is 0.375. The van der Waals surface area contributed by atoms with Gasteiger partial charge in [0.05, 0.1) is 17.8 Å². The van der Waals surface area contributed by atoms with Crippen LogP contribution in [0.3, 0.4) is 0 Å². The molecule has 1 aromatic carbocycles. The van der Waals surface area contributed by atoms with Gasteiger partial charge in [0.1, 0.15) is 10.7 Å². The van der Waals surface area contributed by atoms with Gasteiger partial charge in [0.25, 0.3) is 10.0 Å². The third-order valence-electron chi connectivity index (χ3n) is 3.67. The number of sulfonamides is 1. The standard InChI is InChI=1S/C16H21N5O6S2/c1-5-10-28(23,24)12-8-6-7-9-13(12)29(25,26)20-16(22)21(3)14-17-11(2)18-15(19-14)27-4/h6-9H,5,10H2,1-4H3,(H,20,22). The Labute approximate surface area is 169 Å². The molecule has 0 radical (unpaired) electrons. The van der Waals surface area contributed by atoms with Crippen molar-refractivity contribution < 1.29 is 26.4 Å². The van der Waals surface area contributed by atoms with Crippen LogP contribution >= 0.6 is 0 Å². The number of amides is 2. The van der Waals surface area contributed by atoms with Crippen LogP contribution in [0, 0.1) is 6.92 Å². The maximum absolute atomic E-state index is 12.7. The molecule has 1 heterocycles. The number of hydrogen-bond acceptors (Lipinski definition) is 9. The Morgan fingerprint density at radius 2 is 1.72 bits per heavy atom. The van der Waals surface area contributed by atoms with Crippen molar-refractivity contribution in [3.63, 3.8) is 0 Å². The zero-order valence-electron chi connectivity index (χ0n) is 16.3. The van der Waals surface area contributed by atoms with E-state index >= 15 is 0 Å². The number of methoxy groups -OCH3 is 1. The normalized spacial score (nSPS) is 11.7. The van der Waals surface area contributed by atoms with Gasteiger partial charge in [-0.3, -0.25) is 4.90 Å². The predicted molar refractivity (Wildman–Crippen MR) is 104 cm³/mol. The van der Waals surface area contributed by atoms with E-state index in [1.165, 1.54) is 32.4 Å². The van der Waals surface area contributed by atoms with E-state index in [-0.39, 0.29) is 28.4 Å². The summed E-state index contributed by atoms with van der Waals surface area (Å²) in [5.74, 6) is -0.114. The molecule has 0 atom stereocenters. The second-order valence-corrected chi connectivity index (χ2v) is 9.63. The maximum Gasteiger partial charge on any atom is 0.337 e. The Morgan fingerprint density at radius 1 is 1.10 bits per heavy atom. The molecule has 0 fully saturated rings. The number of carbonyl (C=O) groups excluding carboxylic acids is 1. The molecule has 0 spiro atoms. The summed E-state index contributed by atoms with van der Waals surface area (Å²) in [6, 6.07) is 3.96. The third-order valence-corrected chi connectivity index (χ3v) is 7.15. The lowest BCUT2D eigenvalue weighted by molar-refractivity contribution is 0.251. The maximum atomic E-state index is 12.7. The Kier molecular flexibility index (Phi) is 6.74. The average Bonchev–Trinajstić information content (AvgIpc) is 2.66. The molecular formula is C16H21N5O6S2. The van der Waals surface area contributed by atoms with Crippen LogP contribution in [0.25, 0.3) is 0 Å². The molecule has 11 nitrogen and oxygen atoms in total. The number of aryl methyl sites for hydroxylation is 1. The number of hydrogen-bond donors (Lipinski definition) is 1. The third kappa shape index (κ3) is 5.17. The number of aromatic nitrogens is 3. The molecule has 1 aromatic heterocycles. The van der Waals surface area contributed by atoms with Crippen molar-refractivity contribution in [3.05, 3.63) is 30.1 Å². The number of urea groups is 1. The van der Waals surface area contributed by atoms with Gasteiger partial charge in [0, 0.05) is 7.05 Å². The summed E-state index contributed by atoms with van der Waals surface area (Å²) in [5, 5.41) is 0. The molecule has 0 saturated heterocycles. The summed E-state index contributed by atoms with van der Waals surface area (Å²) in [6.45, 7) is 3.21. The molecule has 0 aliphatic rings. The van der Waals surface area contributed by atoms with Gasteiger partial charge in [-0.15, -0.1) is 0 Å². The van der Waals surface area contributed by atoms with Crippen LogP contribution in [-0.2, 0) is 19.9 Å². The van der Waals surface area contributed by atoms with Crippen molar-refractivity contribution in [1.82, 2.24) is 19.7 Å². The van der Waals surface area contributed by atoms with Crippen LogP contribution in [-0.4, -0.2) is 57.7 Å². The number of benzene rings is 1. The fourth-order valence-electron chi connectivity index (χ4n) is 2.32. The van der Waals surface area contributed by atoms with E-state index in [1.807, 2.05) is 4.72 Å². The van der Waals surface area contributed by atoms with Crippen LogP contribution in [0.15, 0.2) is 34.1 Å². The number of sulfone groups is 1. The Bertz CT molecular complexity index is 1120. The summed E-state index contributed by atoms with van der Waals surface area (Å²) < 4.78 is 57.1. The van der Waals surface area contributed by atoms with Gasteiger partial charge < -0.3 is 4.74 Å². The van der Waals surface area contributed by atoms with Crippen LogP contribution < -0.4 is 14.4 Å². The molecule has 2 amide bonds. The first-order valence-electron chi connectivity index (χ1n) is 8.40.